The zero-order valence-electron chi connectivity index (χ0n) is 10.5. The van der Waals surface area contributed by atoms with Gasteiger partial charge >= 0.3 is 5.97 Å². The van der Waals surface area contributed by atoms with E-state index < -0.39 is 30.2 Å². The second-order valence-corrected chi connectivity index (χ2v) is 4.09. The summed E-state index contributed by atoms with van der Waals surface area (Å²) in [5, 5.41) is 4.69. The standard InChI is InChI=1S/C12H12ClFN2O4/c1-15-10(17)5-16-11(18)6-20-12(19)8-4-7(13)2-3-9(8)14/h2-4H,5-6H2,1H3,(H,15,17)(H,16,18). The molecule has 0 heterocycles. The van der Waals surface area contributed by atoms with Crippen molar-refractivity contribution in [3.8, 4) is 0 Å². The molecule has 108 valence electrons. The molecule has 0 aromatic heterocycles. The lowest BCUT2D eigenvalue weighted by Gasteiger charge is -2.06. The minimum absolute atomic E-state index is 0.169. The lowest BCUT2D eigenvalue weighted by Crippen LogP contribution is -2.37. The summed E-state index contributed by atoms with van der Waals surface area (Å²) in [6.07, 6.45) is 0. The average molecular weight is 303 g/mol. The van der Waals surface area contributed by atoms with Crippen molar-refractivity contribution in [3.63, 3.8) is 0 Å². The Morgan fingerprint density at radius 3 is 2.65 bits per heavy atom. The highest BCUT2D eigenvalue weighted by atomic mass is 35.5. The van der Waals surface area contributed by atoms with Gasteiger partial charge in [0.05, 0.1) is 12.1 Å². The molecule has 20 heavy (non-hydrogen) atoms. The zero-order valence-corrected chi connectivity index (χ0v) is 11.3. The predicted octanol–water partition coefficient (Wildman–Crippen LogP) is 0.498. The number of hydrogen-bond donors (Lipinski definition) is 2. The Morgan fingerprint density at radius 1 is 1.30 bits per heavy atom. The van der Waals surface area contributed by atoms with Crippen molar-refractivity contribution in [2.45, 2.75) is 0 Å². The SMILES string of the molecule is CNC(=O)CNC(=O)COC(=O)c1cc(Cl)ccc1F. The van der Waals surface area contributed by atoms with Crippen LogP contribution in [0, 0.1) is 5.82 Å². The van der Waals surface area contributed by atoms with E-state index in [4.69, 9.17) is 11.6 Å². The number of nitrogens with one attached hydrogen (secondary N) is 2. The number of hydrogen-bond acceptors (Lipinski definition) is 4. The molecule has 0 saturated carbocycles. The second-order valence-electron chi connectivity index (χ2n) is 3.65. The molecule has 0 saturated heterocycles. The smallest absolute Gasteiger partial charge is 0.341 e. The first kappa shape index (κ1) is 15.9. The predicted molar refractivity (Wildman–Crippen MR) is 68.8 cm³/mol. The quantitative estimate of drug-likeness (QED) is 0.776. The first-order valence-electron chi connectivity index (χ1n) is 5.53. The Bertz CT molecular complexity index is 536. The van der Waals surface area contributed by atoms with Crippen LogP contribution >= 0.6 is 11.6 Å². The minimum Gasteiger partial charge on any atom is -0.452 e. The second kappa shape index (κ2) is 7.44. The largest absolute Gasteiger partial charge is 0.452 e. The number of ether oxygens (including phenoxy) is 1. The van der Waals surface area contributed by atoms with Gasteiger partial charge in [-0.05, 0) is 18.2 Å². The topological polar surface area (TPSA) is 84.5 Å². The van der Waals surface area contributed by atoms with Crippen LogP contribution in [0.5, 0.6) is 0 Å². The Balaban J connectivity index is 2.49. The van der Waals surface area contributed by atoms with E-state index in [9.17, 15) is 18.8 Å². The van der Waals surface area contributed by atoms with E-state index in [1.54, 1.807) is 0 Å². The van der Waals surface area contributed by atoms with Gasteiger partial charge < -0.3 is 15.4 Å². The molecule has 0 aliphatic heterocycles. The molecular weight excluding hydrogens is 291 g/mol. The summed E-state index contributed by atoms with van der Waals surface area (Å²) in [5.41, 5.74) is -0.364. The number of halogens is 2. The highest BCUT2D eigenvalue weighted by Gasteiger charge is 2.15. The van der Waals surface area contributed by atoms with Crippen LogP contribution in [-0.2, 0) is 14.3 Å². The number of carbonyl (C=O) groups is 3. The number of esters is 1. The van der Waals surface area contributed by atoms with Crippen LogP contribution in [0.25, 0.3) is 0 Å². The van der Waals surface area contributed by atoms with Crippen molar-refractivity contribution in [2.75, 3.05) is 20.2 Å². The molecule has 1 rings (SSSR count). The number of likely N-dealkylation sites (N-methyl/N-ethyl adjacent to an activating group) is 1. The first-order valence-corrected chi connectivity index (χ1v) is 5.91. The molecule has 2 amide bonds. The highest BCUT2D eigenvalue weighted by Crippen LogP contribution is 2.15. The summed E-state index contributed by atoms with van der Waals surface area (Å²) in [4.78, 5) is 33.7. The molecule has 0 aliphatic carbocycles. The van der Waals surface area contributed by atoms with Gasteiger partial charge in [-0.25, -0.2) is 9.18 Å². The molecule has 1 aromatic carbocycles. The van der Waals surface area contributed by atoms with Gasteiger partial charge in [-0.1, -0.05) is 11.6 Å². The number of rotatable bonds is 5. The van der Waals surface area contributed by atoms with E-state index in [1.807, 2.05) is 0 Å². The summed E-state index contributed by atoms with van der Waals surface area (Å²) < 4.78 is 17.9. The number of benzene rings is 1. The molecule has 0 atom stereocenters. The third kappa shape index (κ3) is 4.85. The van der Waals surface area contributed by atoms with Gasteiger partial charge in [-0.3, -0.25) is 9.59 Å². The number of carbonyl (C=O) groups excluding carboxylic acids is 3. The Morgan fingerprint density at radius 2 is 2.00 bits per heavy atom. The average Bonchev–Trinajstić information content (AvgIpc) is 2.44. The summed E-state index contributed by atoms with van der Waals surface area (Å²) >= 11 is 5.63. The molecule has 8 heteroatoms. The lowest BCUT2D eigenvalue weighted by molar-refractivity contribution is -0.127. The van der Waals surface area contributed by atoms with Crippen LogP contribution in [0.2, 0.25) is 5.02 Å². The third-order valence-corrected chi connectivity index (χ3v) is 2.44. The van der Waals surface area contributed by atoms with Crippen molar-refractivity contribution >= 4 is 29.4 Å². The van der Waals surface area contributed by atoms with Gasteiger partial charge in [0, 0.05) is 12.1 Å². The van der Waals surface area contributed by atoms with Crippen molar-refractivity contribution < 1.29 is 23.5 Å². The van der Waals surface area contributed by atoms with E-state index in [0.717, 1.165) is 12.1 Å². The molecule has 0 spiro atoms. The minimum atomic E-state index is -1.01. The number of amides is 2. The van der Waals surface area contributed by atoms with Crippen LogP contribution in [0.1, 0.15) is 10.4 Å². The van der Waals surface area contributed by atoms with Crippen molar-refractivity contribution in [1.29, 1.82) is 0 Å². The van der Waals surface area contributed by atoms with Crippen LogP contribution in [-0.4, -0.2) is 38.0 Å². The fourth-order valence-electron chi connectivity index (χ4n) is 1.18. The summed E-state index contributed by atoms with van der Waals surface area (Å²) in [6.45, 7) is -0.861. The van der Waals surface area contributed by atoms with E-state index in [-0.39, 0.29) is 17.1 Å². The third-order valence-electron chi connectivity index (χ3n) is 2.21. The van der Waals surface area contributed by atoms with Gasteiger partial charge in [0.25, 0.3) is 5.91 Å². The van der Waals surface area contributed by atoms with Gasteiger partial charge in [0.2, 0.25) is 5.91 Å². The maximum atomic E-state index is 13.3. The molecule has 0 radical (unpaired) electrons. The van der Waals surface area contributed by atoms with Gasteiger partial charge in [0.1, 0.15) is 5.82 Å². The molecule has 0 unspecified atom stereocenters. The Kier molecular flexibility index (Phi) is 5.92. The van der Waals surface area contributed by atoms with Gasteiger partial charge in [-0.2, -0.15) is 0 Å². The normalized spacial score (nSPS) is 9.75. The molecule has 0 aliphatic rings. The molecule has 2 N–H and O–H groups in total. The fraction of sp³-hybridized carbons (Fsp3) is 0.250. The zero-order chi connectivity index (χ0) is 15.1. The molecule has 1 aromatic rings. The van der Waals surface area contributed by atoms with Gasteiger partial charge in [-0.15, -0.1) is 0 Å². The van der Waals surface area contributed by atoms with Crippen LogP contribution in [0.15, 0.2) is 18.2 Å². The van der Waals surface area contributed by atoms with Crippen molar-refractivity contribution in [3.05, 3.63) is 34.6 Å². The maximum absolute atomic E-state index is 13.3. The lowest BCUT2D eigenvalue weighted by atomic mass is 10.2. The summed E-state index contributed by atoms with van der Waals surface area (Å²) in [6, 6.07) is 3.40. The maximum Gasteiger partial charge on any atom is 0.341 e. The van der Waals surface area contributed by atoms with E-state index in [2.05, 4.69) is 15.4 Å². The van der Waals surface area contributed by atoms with Crippen LogP contribution < -0.4 is 10.6 Å². The first-order chi connectivity index (χ1) is 9.43. The van der Waals surface area contributed by atoms with Gasteiger partial charge in [0.15, 0.2) is 6.61 Å². The van der Waals surface area contributed by atoms with Crippen molar-refractivity contribution in [1.82, 2.24) is 10.6 Å². The summed E-state index contributed by atoms with van der Waals surface area (Å²) in [7, 11) is 1.41. The fourth-order valence-corrected chi connectivity index (χ4v) is 1.35. The molecule has 6 nitrogen and oxygen atoms in total. The molecular formula is C12H12ClFN2O4. The van der Waals surface area contributed by atoms with Crippen LogP contribution in [0.3, 0.4) is 0 Å². The molecule has 0 bridgehead atoms. The molecule has 0 fully saturated rings. The Hall–Kier alpha value is -2.15. The van der Waals surface area contributed by atoms with Crippen molar-refractivity contribution in [2.24, 2.45) is 0 Å². The van der Waals surface area contributed by atoms with Crippen LogP contribution in [0.4, 0.5) is 4.39 Å². The van der Waals surface area contributed by atoms with E-state index in [0.29, 0.717) is 0 Å². The monoisotopic (exact) mass is 302 g/mol. The summed E-state index contributed by atoms with van der Waals surface area (Å²) in [5.74, 6) is -2.89. The van der Waals surface area contributed by atoms with E-state index >= 15 is 0 Å². The highest BCUT2D eigenvalue weighted by molar-refractivity contribution is 6.30. The Labute approximate surface area is 119 Å². The van der Waals surface area contributed by atoms with E-state index in [1.165, 1.54) is 13.1 Å².